The lowest BCUT2D eigenvalue weighted by molar-refractivity contribution is -0.0479. The second-order valence-corrected chi connectivity index (χ2v) is 5.30. The van der Waals surface area contributed by atoms with Gasteiger partial charge in [-0.05, 0) is 25.5 Å². The fraction of sp³-hybridized carbons (Fsp3) is 0.438. The summed E-state index contributed by atoms with van der Waals surface area (Å²) in [7, 11) is 1.63. The summed E-state index contributed by atoms with van der Waals surface area (Å²) in [4.78, 5) is 12.5. The molecule has 2 aromatic rings. The molecule has 3 rings (SSSR count). The molecule has 0 bridgehead atoms. The SMILES string of the molecule is CO[C@@H]1COCC[C@H]1NC(=O)c1cccc2cc(C)oc12. The average molecular weight is 289 g/mol. The van der Waals surface area contributed by atoms with E-state index in [-0.39, 0.29) is 18.1 Å². The molecule has 1 aliphatic rings. The third kappa shape index (κ3) is 2.80. The standard InChI is InChI=1S/C16H19NO4/c1-10-8-11-4-3-5-12(15(11)21-10)16(18)17-13-6-7-20-9-14(13)19-2/h3-5,8,13-14H,6-7,9H2,1-2H3,(H,17,18)/t13-,14-/m1/s1. The van der Waals surface area contributed by atoms with Crippen LogP contribution >= 0.6 is 0 Å². The molecule has 1 saturated heterocycles. The molecular weight excluding hydrogens is 270 g/mol. The van der Waals surface area contributed by atoms with Crippen molar-refractivity contribution in [3.05, 3.63) is 35.6 Å². The van der Waals surface area contributed by atoms with Crippen molar-refractivity contribution in [1.29, 1.82) is 0 Å². The van der Waals surface area contributed by atoms with E-state index >= 15 is 0 Å². The summed E-state index contributed by atoms with van der Waals surface area (Å²) in [6.07, 6.45) is 0.637. The zero-order valence-corrected chi connectivity index (χ0v) is 12.2. The minimum atomic E-state index is -0.135. The van der Waals surface area contributed by atoms with E-state index in [4.69, 9.17) is 13.9 Å². The Hall–Kier alpha value is -1.85. The average Bonchev–Trinajstić information content (AvgIpc) is 2.87. The molecule has 0 aliphatic carbocycles. The molecular formula is C16H19NO4. The molecule has 112 valence electrons. The fourth-order valence-electron chi connectivity index (χ4n) is 2.73. The van der Waals surface area contributed by atoms with E-state index in [0.717, 1.165) is 17.6 Å². The molecule has 0 radical (unpaired) electrons. The summed E-state index contributed by atoms with van der Waals surface area (Å²) >= 11 is 0. The smallest absolute Gasteiger partial charge is 0.255 e. The van der Waals surface area contributed by atoms with Crippen molar-refractivity contribution in [2.45, 2.75) is 25.5 Å². The van der Waals surface area contributed by atoms with E-state index in [9.17, 15) is 4.79 Å². The lowest BCUT2D eigenvalue weighted by atomic mass is 10.0. The molecule has 2 heterocycles. The van der Waals surface area contributed by atoms with Gasteiger partial charge in [0.25, 0.3) is 5.91 Å². The number of fused-ring (bicyclic) bond motifs is 1. The second kappa shape index (κ2) is 5.87. The summed E-state index contributed by atoms with van der Waals surface area (Å²) in [5.74, 6) is 0.662. The van der Waals surface area contributed by atoms with Gasteiger partial charge >= 0.3 is 0 Å². The number of rotatable bonds is 3. The fourth-order valence-corrected chi connectivity index (χ4v) is 2.73. The van der Waals surface area contributed by atoms with E-state index in [1.165, 1.54) is 0 Å². The second-order valence-electron chi connectivity index (χ2n) is 5.30. The Morgan fingerprint density at radius 3 is 3.10 bits per heavy atom. The molecule has 0 saturated carbocycles. The minimum Gasteiger partial charge on any atom is -0.461 e. The number of amides is 1. The van der Waals surface area contributed by atoms with Crippen molar-refractivity contribution in [2.75, 3.05) is 20.3 Å². The Kier molecular flexibility index (Phi) is 3.94. The van der Waals surface area contributed by atoms with Gasteiger partial charge in [-0.1, -0.05) is 12.1 Å². The minimum absolute atomic E-state index is 0.0393. The molecule has 2 atom stereocenters. The van der Waals surface area contributed by atoms with Crippen LogP contribution in [-0.4, -0.2) is 38.4 Å². The van der Waals surface area contributed by atoms with Crippen molar-refractivity contribution >= 4 is 16.9 Å². The van der Waals surface area contributed by atoms with Crippen molar-refractivity contribution in [3.63, 3.8) is 0 Å². The number of carbonyl (C=O) groups excluding carboxylic acids is 1. The summed E-state index contributed by atoms with van der Waals surface area (Å²) < 4.78 is 16.4. The third-order valence-electron chi connectivity index (χ3n) is 3.84. The number of methoxy groups -OCH3 is 1. The number of furan rings is 1. The van der Waals surface area contributed by atoms with Crippen LogP contribution in [0.15, 0.2) is 28.7 Å². The maximum Gasteiger partial charge on any atom is 0.255 e. The topological polar surface area (TPSA) is 60.7 Å². The van der Waals surface area contributed by atoms with Gasteiger partial charge in [0.05, 0.1) is 18.2 Å². The van der Waals surface area contributed by atoms with Gasteiger partial charge in [0.2, 0.25) is 0 Å². The van der Waals surface area contributed by atoms with Gasteiger partial charge in [0.1, 0.15) is 17.4 Å². The van der Waals surface area contributed by atoms with Gasteiger partial charge < -0.3 is 19.2 Å². The Morgan fingerprint density at radius 1 is 1.43 bits per heavy atom. The normalized spacial score (nSPS) is 22.4. The molecule has 1 aromatic heterocycles. The lowest BCUT2D eigenvalue weighted by Crippen LogP contribution is -2.49. The number of ether oxygens (including phenoxy) is 2. The van der Waals surface area contributed by atoms with Crippen molar-refractivity contribution in [1.82, 2.24) is 5.32 Å². The Balaban J connectivity index is 1.83. The molecule has 0 unspecified atom stereocenters. The molecule has 5 heteroatoms. The summed E-state index contributed by atoms with van der Waals surface area (Å²) in [6, 6.07) is 7.47. The summed E-state index contributed by atoms with van der Waals surface area (Å²) in [5.41, 5.74) is 1.19. The van der Waals surface area contributed by atoms with Gasteiger partial charge in [-0.2, -0.15) is 0 Å². The van der Waals surface area contributed by atoms with Gasteiger partial charge in [0.15, 0.2) is 0 Å². The van der Waals surface area contributed by atoms with Crippen molar-refractivity contribution < 1.29 is 18.7 Å². The van der Waals surface area contributed by atoms with Gasteiger partial charge in [-0.15, -0.1) is 0 Å². The zero-order chi connectivity index (χ0) is 14.8. The van der Waals surface area contributed by atoms with Gasteiger partial charge in [0, 0.05) is 19.1 Å². The maximum atomic E-state index is 12.5. The molecule has 1 amide bonds. The number of para-hydroxylation sites is 1. The molecule has 1 fully saturated rings. The first-order chi connectivity index (χ1) is 10.2. The molecule has 21 heavy (non-hydrogen) atoms. The highest BCUT2D eigenvalue weighted by atomic mass is 16.5. The Morgan fingerprint density at radius 2 is 2.29 bits per heavy atom. The van der Waals surface area contributed by atoms with E-state index < -0.39 is 0 Å². The number of nitrogens with one attached hydrogen (secondary N) is 1. The largest absolute Gasteiger partial charge is 0.461 e. The van der Waals surface area contributed by atoms with Gasteiger partial charge in [-0.25, -0.2) is 0 Å². The van der Waals surface area contributed by atoms with Crippen LogP contribution in [0.5, 0.6) is 0 Å². The van der Waals surface area contributed by atoms with E-state index in [1.54, 1.807) is 13.2 Å². The summed E-state index contributed by atoms with van der Waals surface area (Å²) in [5, 5.41) is 3.97. The number of aryl methyl sites for hydroxylation is 1. The molecule has 1 N–H and O–H groups in total. The van der Waals surface area contributed by atoms with Gasteiger partial charge in [-0.3, -0.25) is 4.79 Å². The molecule has 1 aromatic carbocycles. The lowest BCUT2D eigenvalue weighted by Gasteiger charge is -2.31. The van der Waals surface area contributed by atoms with E-state index in [1.807, 2.05) is 25.1 Å². The van der Waals surface area contributed by atoms with Crippen LogP contribution in [0.25, 0.3) is 11.0 Å². The predicted octanol–water partition coefficient (Wildman–Crippen LogP) is 2.27. The molecule has 0 spiro atoms. The van der Waals surface area contributed by atoms with Crippen molar-refractivity contribution in [3.8, 4) is 0 Å². The van der Waals surface area contributed by atoms with E-state index in [2.05, 4.69) is 5.32 Å². The maximum absolute atomic E-state index is 12.5. The predicted molar refractivity (Wildman–Crippen MR) is 78.4 cm³/mol. The first kappa shape index (κ1) is 14.1. The quantitative estimate of drug-likeness (QED) is 0.941. The van der Waals surface area contributed by atoms with Crippen LogP contribution in [0, 0.1) is 6.92 Å². The first-order valence-electron chi connectivity index (χ1n) is 7.09. The highest BCUT2D eigenvalue weighted by Gasteiger charge is 2.28. The molecule has 1 aliphatic heterocycles. The van der Waals surface area contributed by atoms with Crippen LogP contribution in [-0.2, 0) is 9.47 Å². The van der Waals surface area contributed by atoms with Crippen LogP contribution < -0.4 is 5.32 Å². The molecule has 5 nitrogen and oxygen atoms in total. The Labute approximate surface area is 123 Å². The van der Waals surface area contributed by atoms with Crippen LogP contribution in [0.2, 0.25) is 0 Å². The first-order valence-corrected chi connectivity index (χ1v) is 7.09. The highest BCUT2D eigenvalue weighted by Crippen LogP contribution is 2.23. The summed E-state index contributed by atoms with van der Waals surface area (Å²) in [6.45, 7) is 3.02. The third-order valence-corrected chi connectivity index (χ3v) is 3.84. The van der Waals surface area contributed by atoms with E-state index in [0.29, 0.717) is 24.4 Å². The van der Waals surface area contributed by atoms with Crippen molar-refractivity contribution in [2.24, 2.45) is 0 Å². The number of benzene rings is 1. The monoisotopic (exact) mass is 289 g/mol. The number of hydrogen-bond acceptors (Lipinski definition) is 4. The van der Waals surface area contributed by atoms with Crippen LogP contribution in [0.1, 0.15) is 22.5 Å². The zero-order valence-electron chi connectivity index (χ0n) is 12.2. The van der Waals surface area contributed by atoms with Crippen LogP contribution in [0.3, 0.4) is 0 Å². The number of hydrogen-bond donors (Lipinski definition) is 1. The highest BCUT2D eigenvalue weighted by molar-refractivity contribution is 6.05. The number of carbonyl (C=O) groups is 1. The van der Waals surface area contributed by atoms with Crippen LogP contribution in [0.4, 0.5) is 0 Å². The Bertz CT molecular complexity index is 649.